The van der Waals surface area contributed by atoms with Crippen molar-refractivity contribution in [2.45, 2.75) is 13.3 Å². The Labute approximate surface area is 138 Å². The Morgan fingerprint density at radius 2 is 2.26 bits per heavy atom. The second-order valence-electron chi connectivity index (χ2n) is 5.14. The normalized spacial score (nSPS) is 11.0. The summed E-state index contributed by atoms with van der Waals surface area (Å²) in [7, 11) is 0. The van der Waals surface area contributed by atoms with Crippen LogP contribution in [0.15, 0.2) is 59.4 Å². The average molecular weight is 324 g/mol. The topological polar surface area (TPSA) is 55.1 Å². The molecule has 0 radical (unpaired) electrons. The van der Waals surface area contributed by atoms with Crippen LogP contribution < -0.4 is 5.32 Å². The second-order valence-corrected chi connectivity index (χ2v) is 6.25. The number of carbonyl (C=O) groups excluding carboxylic acids is 1. The summed E-state index contributed by atoms with van der Waals surface area (Å²) < 4.78 is 5.13. The third kappa shape index (κ3) is 4.40. The zero-order valence-electron chi connectivity index (χ0n) is 12.7. The molecule has 2 aromatic heterocycles. The number of anilines is 1. The Balaban J connectivity index is 1.59. The molecular weight excluding hydrogens is 308 g/mol. The number of amides is 1. The van der Waals surface area contributed by atoms with E-state index in [1.807, 2.05) is 6.07 Å². The largest absolute Gasteiger partial charge is 0.465 e. The van der Waals surface area contributed by atoms with Crippen LogP contribution in [0.1, 0.15) is 21.8 Å². The second kappa shape index (κ2) is 7.07. The molecule has 23 heavy (non-hydrogen) atoms. The van der Waals surface area contributed by atoms with Crippen LogP contribution in [0.5, 0.6) is 0 Å². The fraction of sp³-hybridized carbons (Fsp3) is 0.111. The van der Waals surface area contributed by atoms with Crippen LogP contribution in [-0.2, 0) is 11.2 Å². The number of aromatic nitrogens is 1. The molecule has 1 aromatic carbocycles. The Bertz CT molecular complexity index is 819. The highest BCUT2D eigenvalue weighted by Crippen LogP contribution is 2.21. The summed E-state index contributed by atoms with van der Waals surface area (Å²) >= 11 is 1.48. The predicted octanol–water partition coefficient (Wildman–Crippen LogP) is 4.29. The lowest BCUT2D eigenvalue weighted by Crippen LogP contribution is -2.06. The number of nitrogens with one attached hydrogen (secondary N) is 1. The third-order valence-corrected chi connectivity index (χ3v) is 4.10. The van der Waals surface area contributed by atoms with Gasteiger partial charge in [0.25, 0.3) is 0 Å². The Kier molecular flexibility index (Phi) is 4.68. The van der Waals surface area contributed by atoms with Gasteiger partial charge in [-0.05, 0) is 30.7 Å². The van der Waals surface area contributed by atoms with Crippen LogP contribution in [0, 0.1) is 6.92 Å². The van der Waals surface area contributed by atoms with Crippen molar-refractivity contribution < 1.29 is 9.21 Å². The van der Waals surface area contributed by atoms with Gasteiger partial charge in [0, 0.05) is 23.6 Å². The molecule has 1 amide bonds. The van der Waals surface area contributed by atoms with E-state index in [1.165, 1.54) is 28.5 Å². The summed E-state index contributed by atoms with van der Waals surface area (Å²) in [6.07, 6.45) is 7.24. The molecule has 5 heteroatoms. The molecule has 0 aliphatic heterocycles. The molecule has 0 unspecified atom stereocenters. The molecule has 0 fully saturated rings. The number of nitrogens with zero attached hydrogens (tertiary/aromatic N) is 1. The van der Waals surface area contributed by atoms with Crippen LogP contribution in [0.2, 0.25) is 0 Å². The first-order valence-electron chi connectivity index (χ1n) is 7.22. The Morgan fingerprint density at radius 3 is 3.04 bits per heavy atom. The van der Waals surface area contributed by atoms with E-state index in [9.17, 15) is 4.79 Å². The van der Waals surface area contributed by atoms with Crippen molar-refractivity contribution in [3.8, 4) is 0 Å². The highest BCUT2D eigenvalue weighted by atomic mass is 32.1. The molecule has 4 nitrogen and oxygen atoms in total. The number of aryl methyl sites for hydroxylation is 1. The molecule has 2 heterocycles. The van der Waals surface area contributed by atoms with E-state index < -0.39 is 0 Å². The van der Waals surface area contributed by atoms with E-state index in [1.54, 1.807) is 30.7 Å². The van der Waals surface area contributed by atoms with Gasteiger partial charge >= 0.3 is 0 Å². The first kappa shape index (κ1) is 15.2. The van der Waals surface area contributed by atoms with Crippen molar-refractivity contribution in [2.24, 2.45) is 0 Å². The summed E-state index contributed by atoms with van der Waals surface area (Å²) in [5, 5.41) is 3.36. The van der Waals surface area contributed by atoms with E-state index in [4.69, 9.17) is 4.42 Å². The minimum Gasteiger partial charge on any atom is -0.465 e. The first-order chi connectivity index (χ1) is 11.2. The zero-order chi connectivity index (χ0) is 16.1. The number of carbonyl (C=O) groups is 1. The highest BCUT2D eigenvalue weighted by Gasteiger charge is 2.05. The molecule has 0 spiro atoms. The lowest BCUT2D eigenvalue weighted by atomic mass is 10.1. The van der Waals surface area contributed by atoms with E-state index >= 15 is 0 Å². The summed E-state index contributed by atoms with van der Waals surface area (Å²) in [4.78, 5) is 17.2. The number of hydrogen-bond acceptors (Lipinski definition) is 4. The lowest BCUT2D eigenvalue weighted by molar-refractivity contribution is -0.111. The molecule has 0 aliphatic carbocycles. The van der Waals surface area contributed by atoms with E-state index in [0.717, 1.165) is 11.3 Å². The fourth-order valence-corrected chi connectivity index (χ4v) is 3.01. The van der Waals surface area contributed by atoms with Crippen LogP contribution >= 0.6 is 11.3 Å². The maximum atomic E-state index is 11.8. The van der Waals surface area contributed by atoms with Gasteiger partial charge in [0.15, 0.2) is 5.13 Å². The molecular formula is C18H16N2O2S. The maximum absolute atomic E-state index is 11.8. The minimum absolute atomic E-state index is 0.224. The van der Waals surface area contributed by atoms with Crippen LogP contribution in [-0.4, -0.2) is 10.9 Å². The lowest BCUT2D eigenvalue weighted by Gasteiger charge is -1.99. The number of thiazole rings is 1. The number of hydrogen-bond donors (Lipinski definition) is 1. The molecule has 3 rings (SSSR count). The van der Waals surface area contributed by atoms with E-state index in [2.05, 4.69) is 35.4 Å². The molecule has 0 saturated carbocycles. The van der Waals surface area contributed by atoms with Crippen LogP contribution in [0.3, 0.4) is 0 Å². The van der Waals surface area contributed by atoms with Gasteiger partial charge in [0.1, 0.15) is 5.76 Å². The van der Waals surface area contributed by atoms with E-state index in [0.29, 0.717) is 10.9 Å². The SMILES string of the molecule is Cc1cccc(Cc2cnc(NC(=O)C=Cc3ccco3)s2)c1. The van der Waals surface area contributed by atoms with Gasteiger partial charge in [-0.3, -0.25) is 10.1 Å². The summed E-state index contributed by atoms with van der Waals surface area (Å²) in [6.45, 7) is 2.08. The van der Waals surface area contributed by atoms with Gasteiger partial charge < -0.3 is 4.42 Å². The number of benzene rings is 1. The molecule has 3 aromatic rings. The third-order valence-electron chi connectivity index (χ3n) is 3.19. The van der Waals surface area contributed by atoms with Gasteiger partial charge in [-0.25, -0.2) is 4.98 Å². The zero-order valence-corrected chi connectivity index (χ0v) is 13.5. The van der Waals surface area contributed by atoms with Gasteiger partial charge in [0.05, 0.1) is 6.26 Å². The van der Waals surface area contributed by atoms with Gasteiger partial charge in [-0.2, -0.15) is 0 Å². The van der Waals surface area contributed by atoms with Gasteiger partial charge in [-0.1, -0.05) is 29.8 Å². The molecule has 116 valence electrons. The number of furan rings is 1. The van der Waals surface area contributed by atoms with Crippen molar-refractivity contribution in [3.05, 3.63) is 76.7 Å². The molecule has 0 bridgehead atoms. The Morgan fingerprint density at radius 1 is 1.35 bits per heavy atom. The van der Waals surface area contributed by atoms with Crippen molar-refractivity contribution in [3.63, 3.8) is 0 Å². The summed E-state index contributed by atoms with van der Waals surface area (Å²) in [5.41, 5.74) is 2.48. The minimum atomic E-state index is -0.224. The average Bonchev–Trinajstić information content (AvgIpc) is 3.17. The molecule has 0 atom stereocenters. The van der Waals surface area contributed by atoms with Crippen molar-refractivity contribution >= 4 is 28.5 Å². The molecule has 0 saturated heterocycles. The maximum Gasteiger partial charge on any atom is 0.250 e. The van der Waals surface area contributed by atoms with Crippen molar-refractivity contribution in [2.75, 3.05) is 5.32 Å². The van der Waals surface area contributed by atoms with Crippen molar-refractivity contribution in [1.82, 2.24) is 4.98 Å². The van der Waals surface area contributed by atoms with Gasteiger partial charge in [-0.15, -0.1) is 11.3 Å². The molecule has 1 N–H and O–H groups in total. The first-order valence-corrected chi connectivity index (χ1v) is 8.03. The summed E-state index contributed by atoms with van der Waals surface area (Å²) in [6, 6.07) is 11.9. The molecule has 0 aliphatic rings. The highest BCUT2D eigenvalue weighted by molar-refractivity contribution is 7.15. The van der Waals surface area contributed by atoms with Crippen LogP contribution in [0.4, 0.5) is 5.13 Å². The van der Waals surface area contributed by atoms with Gasteiger partial charge in [0.2, 0.25) is 5.91 Å². The van der Waals surface area contributed by atoms with E-state index in [-0.39, 0.29) is 5.91 Å². The Hall–Kier alpha value is -2.66. The smallest absolute Gasteiger partial charge is 0.250 e. The standard InChI is InChI=1S/C18H16N2O2S/c1-13-4-2-5-14(10-13)11-16-12-19-18(23-16)20-17(21)8-7-15-6-3-9-22-15/h2-10,12H,11H2,1H3,(H,19,20,21). The fourth-order valence-electron chi connectivity index (χ4n) is 2.16. The summed E-state index contributed by atoms with van der Waals surface area (Å²) in [5.74, 6) is 0.414. The number of rotatable bonds is 5. The monoisotopic (exact) mass is 324 g/mol. The predicted molar refractivity (Wildman–Crippen MR) is 92.5 cm³/mol. The van der Waals surface area contributed by atoms with Crippen LogP contribution in [0.25, 0.3) is 6.08 Å². The quantitative estimate of drug-likeness (QED) is 0.712. The van der Waals surface area contributed by atoms with Crippen molar-refractivity contribution in [1.29, 1.82) is 0 Å².